The second-order valence-corrected chi connectivity index (χ2v) is 5.75. The third-order valence-corrected chi connectivity index (χ3v) is 3.87. The summed E-state index contributed by atoms with van der Waals surface area (Å²) in [4.78, 5) is 16.4. The molecule has 1 amide bonds. The average molecular weight is 387 g/mol. The maximum absolute atomic E-state index is 13.1. The van der Waals surface area contributed by atoms with E-state index < -0.39 is 11.7 Å². The van der Waals surface area contributed by atoms with Crippen LogP contribution in [0, 0.1) is 0 Å². The second kappa shape index (κ2) is 7.99. The van der Waals surface area contributed by atoms with Crippen LogP contribution in [0.15, 0.2) is 66.9 Å². The van der Waals surface area contributed by atoms with Gasteiger partial charge in [0.05, 0.1) is 35.8 Å². The molecule has 0 fully saturated rings. The van der Waals surface area contributed by atoms with Crippen LogP contribution >= 0.6 is 0 Å². The molecule has 0 spiro atoms. The number of carbonyl (C=O) groups is 1. The van der Waals surface area contributed by atoms with Gasteiger partial charge in [-0.2, -0.15) is 13.2 Å². The molecule has 28 heavy (non-hydrogen) atoms. The number of rotatable bonds is 5. The zero-order valence-electron chi connectivity index (χ0n) is 14.7. The Morgan fingerprint density at radius 2 is 1.71 bits per heavy atom. The molecule has 0 unspecified atom stereocenters. The number of pyridine rings is 1. The van der Waals surface area contributed by atoms with Gasteiger partial charge in [0.15, 0.2) is 0 Å². The summed E-state index contributed by atoms with van der Waals surface area (Å²) in [5.74, 6) is 0.254. The summed E-state index contributed by atoms with van der Waals surface area (Å²) in [7, 11) is 1.47. The van der Waals surface area contributed by atoms with Gasteiger partial charge in [-0.15, -0.1) is 0 Å². The predicted molar refractivity (Wildman–Crippen MR) is 99.9 cm³/mol. The van der Waals surface area contributed by atoms with E-state index in [0.717, 1.165) is 6.07 Å². The van der Waals surface area contributed by atoms with Crippen LogP contribution in [0.2, 0.25) is 0 Å². The molecule has 0 saturated carbocycles. The first kappa shape index (κ1) is 19.2. The number of hydrogen-bond donors (Lipinski definition) is 2. The molecule has 0 aliphatic carbocycles. The van der Waals surface area contributed by atoms with Gasteiger partial charge in [0.2, 0.25) is 0 Å². The third-order valence-electron chi connectivity index (χ3n) is 3.87. The van der Waals surface area contributed by atoms with Crippen molar-refractivity contribution in [2.24, 2.45) is 0 Å². The van der Waals surface area contributed by atoms with Crippen molar-refractivity contribution >= 4 is 23.1 Å². The minimum Gasteiger partial charge on any atom is -0.496 e. The molecule has 1 aromatic heterocycles. The molecule has 2 aromatic carbocycles. The largest absolute Gasteiger partial charge is 0.496 e. The van der Waals surface area contributed by atoms with Gasteiger partial charge in [-0.05, 0) is 36.4 Å². The number of amides is 1. The molecule has 0 radical (unpaired) electrons. The number of methoxy groups -OCH3 is 1. The number of benzene rings is 2. The summed E-state index contributed by atoms with van der Waals surface area (Å²) in [6.45, 7) is 0. The topological polar surface area (TPSA) is 63.2 Å². The fourth-order valence-electron chi connectivity index (χ4n) is 2.55. The van der Waals surface area contributed by atoms with Crippen LogP contribution in [0.25, 0.3) is 0 Å². The van der Waals surface area contributed by atoms with Gasteiger partial charge in [0, 0.05) is 0 Å². The Hall–Kier alpha value is -3.55. The number of alkyl halides is 3. The second-order valence-electron chi connectivity index (χ2n) is 5.75. The van der Waals surface area contributed by atoms with Gasteiger partial charge < -0.3 is 15.4 Å². The Morgan fingerprint density at radius 3 is 2.39 bits per heavy atom. The van der Waals surface area contributed by atoms with Gasteiger partial charge in [-0.1, -0.05) is 24.3 Å². The molecular weight excluding hydrogens is 371 g/mol. The highest BCUT2D eigenvalue weighted by molar-refractivity contribution is 6.06. The van der Waals surface area contributed by atoms with Gasteiger partial charge >= 0.3 is 6.18 Å². The van der Waals surface area contributed by atoms with E-state index in [1.807, 2.05) is 0 Å². The van der Waals surface area contributed by atoms with E-state index in [2.05, 4.69) is 15.6 Å². The van der Waals surface area contributed by atoms with Gasteiger partial charge in [-0.25, -0.2) is 4.98 Å². The SMILES string of the molecule is COc1ccccc1C(=O)Nc1ccc(Nc2ccccc2C(F)(F)F)nc1. The minimum absolute atomic E-state index is 0.103. The summed E-state index contributed by atoms with van der Waals surface area (Å²) in [6, 6.07) is 14.9. The molecule has 0 bridgehead atoms. The van der Waals surface area contributed by atoms with Crippen molar-refractivity contribution in [3.8, 4) is 5.75 Å². The Bertz CT molecular complexity index is 973. The van der Waals surface area contributed by atoms with Crippen LogP contribution in [0.1, 0.15) is 15.9 Å². The molecule has 8 heteroatoms. The molecule has 3 rings (SSSR count). The van der Waals surface area contributed by atoms with Crippen LogP contribution in [0.5, 0.6) is 5.75 Å². The van der Waals surface area contributed by atoms with Crippen molar-refractivity contribution in [2.75, 3.05) is 17.7 Å². The molecule has 144 valence electrons. The number of nitrogens with one attached hydrogen (secondary N) is 2. The Kier molecular flexibility index (Phi) is 5.49. The maximum atomic E-state index is 13.1. The molecule has 2 N–H and O–H groups in total. The van der Waals surface area contributed by atoms with Crippen molar-refractivity contribution in [1.82, 2.24) is 4.98 Å². The van der Waals surface area contributed by atoms with E-state index in [-0.39, 0.29) is 17.4 Å². The van der Waals surface area contributed by atoms with E-state index in [9.17, 15) is 18.0 Å². The summed E-state index contributed by atoms with van der Waals surface area (Å²) in [5, 5.41) is 5.32. The molecule has 1 heterocycles. The zero-order valence-corrected chi connectivity index (χ0v) is 14.7. The summed E-state index contributed by atoms with van der Waals surface area (Å²) < 4.78 is 44.3. The van der Waals surface area contributed by atoms with Crippen LogP contribution in [0.4, 0.5) is 30.4 Å². The van der Waals surface area contributed by atoms with E-state index >= 15 is 0 Å². The van der Waals surface area contributed by atoms with E-state index in [1.54, 1.807) is 30.3 Å². The van der Waals surface area contributed by atoms with Gasteiger partial charge in [-0.3, -0.25) is 4.79 Å². The van der Waals surface area contributed by atoms with Crippen molar-refractivity contribution in [2.45, 2.75) is 6.18 Å². The highest BCUT2D eigenvalue weighted by atomic mass is 19.4. The van der Waals surface area contributed by atoms with Crippen molar-refractivity contribution in [3.63, 3.8) is 0 Å². The van der Waals surface area contributed by atoms with Crippen molar-refractivity contribution in [1.29, 1.82) is 0 Å². The Morgan fingerprint density at radius 1 is 1.00 bits per heavy atom. The summed E-state index contributed by atoms with van der Waals surface area (Å²) in [5.41, 5.74) is -0.143. The quantitative estimate of drug-likeness (QED) is 0.639. The number of carbonyl (C=O) groups excluding carboxylic acids is 1. The van der Waals surface area contributed by atoms with E-state index in [0.29, 0.717) is 17.0 Å². The molecule has 5 nitrogen and oxygen atoms in total. The lowest BCUT2D eigenvalue weighted by Crippen LogP contribution is -2.13. The fraction of sp³-hybridized carbons (Fsp3) is 0.100. The Labute approximate surface area is 159 Å². The van der Waals surface area contributed by atoms with Crippen LogP contribution < -0.4 is 15.4 Å². The van der Waals surface area contributed by atoms with Crippen LogP contribution in [0.3, 0.4) is 0 Å². The molecule has 0 aliphatic rings. The summed E-state index contributed by atoms with van der Waals surface area (Å²) >= 11 is 0. The lowest BCUT2D eigenvalue weighted by Gasteiger charge is -2.14. The predicted octanol–water partition coefficient (Wildman–Crippen LogP) is 5.10. The molecule has 0 aliphatic heterocycles. The molecular formula is C20H16F3N3O2. The smallest absolute Gasteiger partial charge is 0.418 e. The number of para-hydroxylation sites is 2. The third kappa shape index (κ3) is 4.40. The van der Waals surface area contributed by atoms with E-state index in [4.69, 9.17) is 4.74 Å². The van der Waals surface area contributed by atoms with Crippen LogP contribution in [-0.2, 0) is 6.18 Å². The van der Waals surface area contributed by atoms with Gasteiger partial charge in [0.1, 0.15) is 11.6 Å². The first-order valence-corrected chi connectivity index (χ1v) is 8.22. The lowest BCUT2D eigenvalue weighted by molar-refractivity contribution is -0.136. The molecule has 3 aromatic rings. The first-order valence-electron chi connectivity index (χ1n) is 8.22. The summed E-state index contributed by atoms with van der Waals surface area (Å²) in [6.07, 6.45) is -3.13. The number of nitrogens with zero attached hydrogens (tertiary/aromatic N) is 1. The van der Waals surface area contributed by atoms with Gasteiger partial charge in [0.25, 0.3) is 5.91 Å². The average Bonchev–Trinajstić information content (AvgIpc) is 2.69. The minimum atomic E-state index is -4.48. The zero-order chi connectivity index (χ0) is 20.1. The molecule has 0 saturated heterocycles. The van der Waals surface area contributed by atoms with Crippen molar-refractivity contribution < 1.29 is 22.7 Å². The van der Waals surface area contributed by atoms with Crippen molar-refractivity contribution in [3.05, 3.63) is 78.0 Å². The maximum Gasteiger partial charge on any atom is 0.418 e. The molecule has 0 atom stereocenters. The highest BCUT2D eigenvalue weighted by Gasteiger charge is 2.33. The van der Waals surface area contributed by atoms with E-state index in [1.165, 1.54) is 37.6 Å². The first-order chi connectivity index (χ1) is 13.4. The highest BCUT2D eigenvalue weighted by Crippen LogP contribution is 2.35. The fourth-order valence-corrected chi connectivity index (χ4v) is 2.55. The number of anilines is 3. The number of halogens is 3. The van der Waals surface area contributed by atoms with Crippen LogP contribution in [-0.4, -0.2) is 18.0 Å². The normalized spacial score (nSPS) is 11.0. The standard InChI is InChI=1S/C20H16F3N3O2/c1-28-17-9-5-2-6-14(17)19(27)25-13-10-11-18(24-12-13)26-16-8-4-3-7-15(16)20(21,22)23/h2-12H,1H3,(H,24,26)(H,25,27). The number of ether oxygens (including phenoxy) is 1. The Balaban J connectivity index is 1.74. The lowest BCUT2D eigenvalue weighted by atomic mass is 10.1. The monoisotopic (exact) mass is 387 g/mol. The number of aromatic nitrogens is 1. The number of hydrogen-bond acceptors (Lipinski definition) is 4.